The Labute approximate surface area is 179 Å². The smallest absolute Gasteiger partial charge is 0.408 e. The van der Waals surface area contributed by atoms with Gasteiger partial charge in [0.2, 0.25) is 5.91 Å². The summed E-state index contributed by atoms with van der Waals surface area (Å²) in [5, 5.41) is 13.7. The van der Waals surface area contributed by atoms with Gasteiger partial charge in [-0.15, -0.1) is 11.6 Å². The van der Waals surface area contributed by atoms with E-state index in [4.69, 9.17) is 21.4 Å². The van der Waals surface area contributed by atoms with Gasteiger partial charge in [-0.2, -0.15) is 0 Å². The number of halogens is 1. The molecule has 1 aromatic carbocycles. The first-order chi connectivity index (χ1) is 14.1. The Morgan fingerprint density at radius 1 is 1.03 bits per heavy atom. The van der Waals surface area contributed by atoms with Gasteiger partial charge in [0, 0.05) is 18.8 Å². The maximum Gasteiger partial charge on any atom is 0.408 e. The van der Waals surface area contributed by atoms with Crippen LogP contribution in [-0.2, 0) is 30.5 Å². The maximum atomic E-state index is 12.3. The lowest BCUT2D eigenvalue weighted by atomic mass is 9.99. The molecular formula is C20H25ClN2O7. The molecule has 164 valence electrons. The van der Waals surface area contributed by atoms with Crippen LogP contribution >= 0.6 is 11.6 Å². The van der Waals surface area contributed by atoms with E-state index < -0.39 is 54.0 Å². The third-order valence-electron chi connectivity index (χ3n) is 4.18. The average Bonchev–Trinajstić information content (AvgIpc) is 2.71. The van der Waals surface area contributed by atoms with Crippen molar-refractivity contribution in [3.8, 4) is 0 Å². The zero-order chi connectivity index (χ0) is 22.7. The number of Topliss-reactive ketones (excluding diaryl/α,β-unsaturated/α-hetero) is 2. The standard InChI is InChI=1S/C20H25ClN2O7/c1-12(18(26)23-16(19(27)28)9-15(24)10-21)8-17(25)13(2)22-20(29)30-11-14-6-4-3-5-7-14/h3-7,12-13,16H,8-11H2,1-2H3,(H,22,29)(H,23,26)(H,27,28). The third kappa shape index (κ3) is 9.04. The van der Waals surface area contributed by atoms with Crippen LogP contribution in [0.4, 0.5) is 4.79 Å². The van der Waals surface area contributed by atoms with E-state index in [2.05, 4.69) is 10.6 Å². The van der Waals surface area contributed by atoms with Crippen molar-refractivity contribution in [2.24, 2.45) is 5.92 Å². The minimum atomic E-state index is -1.43. The Kier molecular flexibility index (Phi) is 10.5. The molecule has 1 rings (SSSR count). The van der Waals surface area contributed by atoms with Crippen LogP contribution < -0.4 is 10.6 Å². The number of ether oxygens (including phenoxy) is 1. The van der Waals surface area contributed by atoms with Crippen LogP contribution in [-0.4, -0.2) is 52.6 Å². The van der Waals surface area contributed by atoms with E-state index in [-0.39, 0.29) is 18.9 Å². The molecule has 0 fully saturated rings. The van der Waals surface area contributed by atoms with Crippen molar-refractivity contribution in [2.75, 3.05) is 5.88 Å². The number of aliphatic carboxylic acids is 1. The fourth-order valence-corrected chi connectivity index (χ4v) is 2.50. The number of alkyl carbamates (subject to hydrolysis) is 1. The van der Waals surface area contributed by atoms with Crippen molar-refractivity contribution in [2.45, 2.75) is 45.4 Å². The van der Waals surface area contributed by atoms with Gasteiger partial charge in [-0.25, -0.2) is 9.59 Å². The number of alkyl halides is 1. The molecule has 0 heterocycles. The van der Waals surface area contributed by atoms with Gasteiger partial charge in [-0.05, 0) is 12.5 Å². The molecule has 2 amide bonds. The number of carbonyl (C=O) groups is 5. The first kappa shape index (κ1) is 25.1. The Morgan fingerprint density at radius 2 is 1.67 bits per heavy atom. The van der Waals surface area contributed by atoms with Crippen molar-refractivity contribution in [1.82, 2.24) is 10.6 Å². The molecule has 9 nitrogen and oxygen atoms in total. The number of benzene rings is 1. The normalized spacial score (nSPS) is 13.4. The van der Waals surface area contributed by atoms with Gasteiger partial charge in [-0.1, -0.05) is 37.3 Å². The Hall–Kier alpha value is -2.94. The second kappa shape index (κ2) is 12.6. The first-order valence-corrected chi connectivity index (χ1v) is 9.78. The van der Waals surface area contributed by atoms with Gasteiger partial charge in [-0.3, -0.25) is 14.4 Å². The fourth-order valence-electron chi connectivity index (χ4n) is 2.39. The number of carboxylic acid groups (broad SMARTS) is 1. The summed E-state index contributed by atoms with van der Waals surface area (Å²) >= 11 is 5.36. The minimum Gasteiger partial charge on any atom is -0.480 e. The molecule has 0 saturated carbocycles. The SMILES string of the molecule is CC(CC(=O)C(C)NC(=O)OCc1ccccc1)C(=O)NC(CC(=O)CCl)C(=O)O. The molecule has 0 aliphatic carbocycles. The summed E-state index contributed by atoms with van der Waals surface area (Å²) in [6, 6.07) is 6.67. The number of amides is 2. The van der Waals surface area contributed by atoms with Crippen molar-refractivity contribution in [1.29, 1.82) is 0 Å². The van der Waals surface area contributed by atoms with E-state index in [1.54, 1.807) is 24.3 Å². The summed E-state index contributed by atoms with van der Waals surface area (Å²) in [5.74, 6) is -4.27. The van der Waals surface area contributed by atoms with Gasteiger partial charge in [0.25, 0.3) is 0 Å². The van der Waals surface area contributed by atoms with E-state index in [1.165, 1.54) is 13.8 Å². The molecule has 1 aromatic rings. The minimum absolute atomic E-state index is 0.0456. The van der Waals surface area contributed by atoms with Crippen molar-refractivity contribution in [3.63, 3.8) is 0 Å². The Bertz CT molecular complexity index is 770. The molecule has 0 aromatic heterocycles. The van der Waals surface area contributed by atoms with Gasteiger partial charge < -0.3 is 20.5 Å². The fraction of sp³-hybridized carbons (Fsp3) is 0.450. The second-order valence-corrected chi connectivity index (χ2v) is 7.04. The molecule has 0 aliphatic heterocycles. The largest absolute Gasteiger partial charge is 0.480 e. The van der Waals surface area contributed by atoms with Crippen LogP contribution in [0.2, 0.25) is 0 Å². The van der Waals surface area contributed by atoms with Crippen LogP contribution in [0.25, 0.3) is 0 Å². The molecule has 10 heteroatoms. The number of rotatable bonds is 12. The number of ketones is 2. The maximum absolute atomic E-state index is 12.3. The van der Waals surface area contributed by atoms with Gasteiger partial charge in [0.05, 0.1) is 11.9 Å². The monoisotopic (exact) mass is 440 g/mol. The molecule has 0 saturated heterocycles. The molecule has 3 N–H and O–H groups in total. The highest BCUT2D eigenvalue weighted by Crippen LogP contribution is 2.08. The third-order valence-corrected chi connectivity index (χ3v) is 4.48. The molecule has 0 bridgehead atoms. The van der Waals surface area contributed by atoms with Gasteiger partial charge in [0.1, 0.15) is 18.4 Å². The highest BCUT2D eigenvalue weighted by molar-refractivity contribution is 6.27. The first-order valence-electron chi connectivity index (χ1n) is 9.24. The van der Waals surface area contributed by atoms with Crippen LogP contribution in [0.5, 0.6) is 0 Å². The Balaban J connectivity index is 2.48. The van der Waals surface area contributed by atoms with Crippen LogP contribution in [0, 0.1) is 5.92 Å². The zero-order valence-corrected chi connectivity index (χ0v) is 17.5. The predicted molar refractivity (Wildman–Crippen MR) is 108 cm³/mol. The lowest BCUT2D eigenvalue weighted by Crippen LogP contribution is -2.46. The zero-order valence-electron chi connectivity index (χ0n) is 16.7. The summed E-state index contributed by atoms with van der Waals surface area (Å²) in [6.45, 7) is 2.94. The van der Waals surface area contributed by atoms with E-state index >= 15 is 0 Å². The van der Waals surface area contributed by atoms with Crippen LogP contribution in [0.15, 0.2) is 30.3 Å². The lowest BCUT2D eigenvalue weighted by Gasteiger charge is -2.18. The number of carboxylic acids is 1. The van der Waals surface area contributed by atoms with Crippen LogP contribution in [0.3, 0.4) is 0 Å². The lowest BCUT2D eigenvalue weighted by molar-refractivity contribution is -0.143. The van der Waals surface area contributed by atoms with Gasteiger partial charge in [0.15, 0.2) is 5.78 Å². The summed E-state index contributed by atoms with van der Waals surface area (Å²) in [5.41, 5.74) is 0.789. The summed E-state index contributed by atoms with van der Waals surface area (Å²) < 4.78 is 5.04. The van der Waals surface area contributed by atoms with E-state index in [0.717, 1.165) is 5.56 Å². The molecule has 3 unspecified atom stereocenters. The van der Waals surface area contributed by atoms with Crippen molar-refractivity contribution in [3.05, 3.63) is 35.9 Å². The average molecular weight is 441 g/mol. The van der Waals surface area contributed by atoms with E-state index in [0.29, 0.717) is 0 Å². The number of carbonyl (C=O) groups excluding carboxylic acids is 4. The number of nitrogens with one attached hydrogen (secondary N) is 2. The molecule has 3 atom stereocenters. The quantitative estimate of drug-likeness (QED) is 0.420. The molecule has 0 radical (unpaired) electrons. The summed E-state index contributed by atoms with van der Waals surface area (Å²) in [6.07, 6.45) is -1.46. The van der Waals surface area contributed by atoms with Crippen molar-refractivity contribution < 1.29 is 33.8 Å². The highest BCUT2D eigenvalue weighted by atomic mass is 35.5. The molecule has 0 spiro atoms. The Morgan fingerprint density at radius 3 is 2.23 bits per heavy atom. The number of hydrogen-bond donors (Lipinski definition) is 3. The number of hydrogen-bond acceptors (Lipinski definition) is 6. The molecular weight excluding hydrogens is 416 g/mol. The van der Waals surface area contributed by atoms with E-state index in [9.17, 15) is 24.0 Å². The van der Waals surface area contributed by atoms with Crippen molar-refractivity contribution >= 4 is 41.1 Å². The summed E-state index contributed by atoms with van der Waals surface area (Å²) in [7, 11) is 0. The topological polar surface area (TPSA) is 139 Å². The second-order valence-electron chi connectivity index (χ2n) is 6.78. The predicted octanol–water partition coefficient (Wildman–Crippen LogP) is 1.66. The highest BCUT2D eigenvalue weighted by Gasteiger charge is 2.27. The molecule has 0 aliphatic rings. The van der Waals surface area contributed by atoms with Crippen LogP contribution in [0.1, 0.15) is 32.3 Å². The molecule has 30 heavy (non-hydrogen) atoms. The van der Waals surface area contributed by atoms with Gasteiger partial charge >= 0.3 is 12.1 Å². The van der Waals surface area contributed by atoms with E-state index in [1.807, 2.05) is 6.07 Å². The summed E-state index contributed by atoms with van der Waals surface area (Å²) in [4.78, 5) is 58.8.